The van der Waals surface area contributed by atoms with Crippen LogP contribution in [0.2, 0.25) is 0 Å². The van der Waals surface area contributed by atoms with Gasteiger partial charge in [-0.05, 0) is 25.2 Å². The highest BCUT2D eigenvalue weighted by molar-refractivity contribution is 5.63. The number of methoxy groups -OCH3 is 1. The molecule has 10 nitrogen and oxygen atoms in total. The van der Waals surface area contributed by atoms with Crippen LogP contribution in [0.1, 0.15) is 25.0 Å². The van der Waals surface area contributed by atoms with Crippen molar-refractivity contribution in [2.45, 2.75) is 25.4 Å². The summed E-state index contributed by atoms with van der Waals surface area (Å²) in [6.07, 6.45) is -1.04. The molecule has 0 bridgehead atoms. The summed E-state index contributed by atoms with van der Waals surface area (Å²) in [5.41, 5.74) is -1.67. The quantitative estimate of drug-likeness (QED) is 0.487. The summed E-state index contributed by atoms with van der Waals surface area (Å²) >= 11 is 0. The zero-order valence-electron chi connectivity index (χ0n) is 16.4. The second-order valence-corrected chi connectivity index (χ2v) is 6.91. The molecule has 164 valence electrons. The standard InChI is InChI=1S/C17H21F3N6O4/c1-24-13(9-12(23-24)17(18,19)20)30-16-14(26(27)28)15(21-10-22-16)25-6-3-11(4-7-25)5-8-29-2/h9-11H,3-8H2,1-2H3. The van der Waals surface area contributed by atoms with E-state index in [-0.39, 0.29) is 11.7 Å². The maximum Gasteiger partial charge on any atom is 0.435 e. The van der Waals surface area contributed by atoms with E-state index in [0.29, 0.717) is 31.7 Å². The molecule has 0 radical (unpaired) electrons. The molecule has 1 fully saturated rings. The molecular formula is C17H21F3N6O4. The van der Waals surface area contributed by atoms with Crippen LogP contribution in [0.5, 0.6) is 11.8 Å². The first-order valence-electron chi connectivity index (χ1n) is 9.23. The number of aryl methyl sites for hydroxylation is 1. The van der Waals surface area contributed by atoms with E-state index in [1.54, 1.807) is 12.0 Å². The maximum atomic E-state index is 12.9. The third-order valence-corrected chi connectivity index (χ3v) is 4.92. The van der Waals surface area contributed by atoms with Crippen molar-refractivity contribution in [1.82, 2.24) is 19.7 Å². The number of rotatable bonds is 7. The van der Waals surface area contributed by atoms with Gasteiger partial charge in [-0.25, -0.2) is 9.67 Å². The minimum atomic E-state index is -4.67. The molecule has 30 heavy (non-hydrogen) atoms. The normalized spacial score (nSPS) is 15.4. The molecule has 0 saturated carbocycles. The Morgan fingerprint density at radius 1 is 1.30 bits per heavy atom. The van der Waals surface area contributed by atoms with Gasteiger partial charge in [0.2, 0.25) is 11.7 Å². The number of alkyl halides is 3. The van der Waals surface area contributed by atoms with Crippen molar-refractivity contribution >= 4 is 11.5 Å². The lowest BCUT2D eigenvalue weighted by atomic mass is 9.94. The second kappa shape index (κ2) is 8.81. The molecule has 0 aromatic carbocycles. The van der Waals surface area contributed by atoms with E-state index in [4.69, 9.17) is 9.47 Å². The van der Waals surface area contributed by atoms with Gasteiger partial charge in [0.25, 0.3) is 0 Å². The fraction of sp³-hybridized carbons (Fsp3) is 0.588. The van der Waals surface area contributed by atoms with Crippen LogP contribution in [0.4, 0.5) is 24.7 Å². The molecule has 0 aliphatic carbocycles. The van der Waals surface area contributed by atoms with Gasteiger partial charge in [0.15, 0.2) is 5.69 Å². The van der Waals surface area contributed by atoms with Gasteiger partial charge in [-0.15, -0.1) is 0 Å². The minimum Gasteiger partial charge on any atom is -0.415 e. The molecule has 1 aliphatic heterocycles. The maximum absolute atomic E-state index is 12.9. The van der Waals surface area contributed by atoms with E-state index in [1.807, 2.05) is 0 Å². The first kappa shape index (κ1) is 21.7. The smallest absolute Gasteiger partial charge is 0.415 e. The van der Waals surface area contributed by atoms with E-state index < -0.39 is 28.4 Å². The van der Waals surface area contributed by atoms with Crippen LogP contribution in [0.25, 0.3) is 0 Å². The molecule has 13 heteroatoms. The van der Waals surface area contributed by atoms with E-state index >= 15 is 0 Å². The Balaban J connectivity index is 1.84. The zero-order chi connectivity index (χ0) is 21.9. The highest BCUT2D eigenvalue weighted by Gasteiger charge is 2.36. The molecule has 3 heterocycles. The Labute approximate surface area is 169 Å². The number of nitro groups is 1. The van der Waals surface area contributed by atoms with Crippen molar-refractivity contribution in [3.05, 3.63) is 28.2 Å². The van der Waals surface area contributed by atoms with Crippen LogP contribution < -0.4 is 9.64 Å². The summed E-state index contributed by atoms with van der Waals surface area (Å²) in [5, 5.41) is 15.1. The van der Waals surface area contributed by atoms with Gasteiger partial charge in [0.1, 0.15) is 6.33 Å². The summed E-state index contributed by atoms with van der Waals surface area (Å²) in [6, 6.07) is 0.660. The Kier molecular flexibility index (Phi) is 6.39. The highest BCUT2D eigenvalue weighted by Crippen LogP contribution is 2.38. The van der Waals surface area contributed by atoms with Crippen molar-refractivity contribution in [3.8, 4) is 11.8 Å². The summed E-state index contributed by atoms with van der Waals surface area (Å²) < 4.78 is 49.9. The molecule has 2 aromatic heterocycles. The van der Waals surface area contributed by atoms with Crippen molar-refractivity contribution in [1.29, 1.82) is 0 Å². The van der Waals surface area contributed by atoms with Gasteiger partial charge < -0.3 is 14.4 Å². The average Bonchev–Trinajstić information content (AvgIpc) is 3.07. The molecule has 2 aromatic rings. The number of nitrogens with zero attached hydrogens (tertiary/aromatic N) is 6. The number of aromatic nitrogens is 4. The van der Waals surface area contributed by atoms with Gasteiger partial charge in [-0.2, -0.15) is 23.3 Å². The molecule has 1 saturated heterocycles. The van der Waals surface area contributed by atoms with Gasteiger partial charge >= 0.3 is 17.7 Å². The number of piperidine rings is 1. The summed E-state index contributed by atoms with van der Waals surface area (Å²) in [6.45, 7) is 1.76. The molecule has 0 N–H and O–H groups in total. The monoisotopic (exact) mass is 430 g/mol. The largest absolute Gasteiger partial charge is 0.435 e. The average molecular weight is 430 g/mol. The van der Waals surface area contributed by atoms with Crippen LogP contribution in [0.3, 0.4) is 0 Å². The first-order valence-corrected chi connectivity index (χ1v) is 9.23. The summed E-state index contributed by atoms with van der Waals surface area (Å²) in [5.74, 6) is -0.238. The summed E-state index contributed by atoms with van der Waals surface area (Å²) in [4.78, 5) is 20.6. The lowest BCUT2D eigenvalue weighted by molar-refractivity contribution is -0.385. The number of hydrogen-bond acceptors (Lipinski definition) is 8. The van der Waals surface area contributed by atoms with Crippen molar-refractivity contribution in [3.63, 3.8) is 0 Å². The van der Waals surface area contributed by atoms with Crippen molar-refractivity contribution in [2.24, 2.45) is 13.0 Å². The van der Waals surface area contributed by atoms with Crippen LogP contribution in [0, 0.1) is 16.0 Å². The first-order chi connectivity index (χ1) is 14.2. The lowest BCUT2D eigenvalue weighted by Gasteiger charge is -2.32. The van der Waals surface area contributed by atoms with Gasteiger partial charge in [0.05, 0.1) is 4.92 Å². The van der Waals surface area contributed by atoms with E-state index in [1.165, 1.54) is 7.05 Å². The van der Waals surface area contributed by atoms with Gasteiger partial charge in [-0.3, -0.25) is 10.1 Å². The third-order valence-electron chi connectivity index (χ3n) is 4.92. The molecule has 0 unspecified atom stereocenters. The fourth-order valence-electron chi connectivity index (χ4n) is 3.32. The molecule has 0 atom stereocenters. The second-order valence-electron chi connectivity index (χ2n) is 6.91. The topological polar surface area (TPSA) is 108 Å². The van der Waals surface area contributed by atoms with Crippen LogP contribution in [-0.2, 0) is 18.0 Å². The zero-order valence-corrected chi connectivity index (χ0v) is 16.4. The Morgan fingerprint density at radius 3 is 2.57 bits per heavy atom. The van der Waals surface area contributed by atoms with E-state index in [2.05, 4.69) is 15.1 Å². The van der Waals surface area contributed by atoms with Crippen LogP contribution in [0.15, 0.2) is 12.4 Å². The molecule has 0 amide bonds. The predicted molar refractivity (Wildman–Crippen MR) is 98.4 cm³/mol. The van der Waals surface area contributed by atoms with Gasteiger partial charge in [-0.1, -0.05) is 0 Å². The van der Waals surface area contributed by atoms with E-state index in [9.17, 15) is 23.3 Å². The Hall–Kier alpha value is -2.96. The lowest BCUT2D eigenvalue weighted by Crippen LogP contribution is -2.35. The number of halogens is 3. The minimum absolute atomic E-state index is 0.0772. The van der Waals surface area contributed by atoms with E-state index in [0.717, 1.165) is 30.3 Å². The molecule has 1 aliphatic rings. The summed E-state index contributed by atoms with van der Waals surface area (Å²) in [7, 11) is 2.88. The van der Waals surface area contributed by atoms with Crippen LogP contribution in [-0.4, -0.2) is 51.5 Å². The van der Waals surface area contributed by atoms with Crippen LogP contribution >= 0.6 is 0 Å². The highest BCUT2D eigenvalue weighted by atomic mass is 19.4. The Bertz CT molecular complexity index is 896. The molecule has 3 rings (SSSR count). The predicted octanol–water partition coefficient (Wildman–Crippen LogP) is 3.18. The molecular weight excluding hydrogens is 409 g/mol. The Morgan fingerprint density at radius 2 is 2.00 bits per heavy atom. The number of ether oxygens (including phenoxy) is 2. The molecule has 0 spiro atoms. The number of anilines is 1. The fourth-order valence-corrected chi connectivity index (χ4v) is 3.32. The van der Waals surface area contributed by atoms with Crippen molar-refractivity contribution < 1.29 is 27.6 Å². The third kappa shape index (κ3) is 4.78. The SMILES string of the molecule is COCCC1CCN(c2ncnc(Oc3cc(C(F)(F)F)nn3C)c2[N+](=O)[O-])CC1. The van der Waals surface area contributed by atoms with Gasteiger partial charge in [0, 0.05) is 39.9 Å². The number of hydrogen-bond donors (Lipinski definition) is 0. The van der Waals surface area contributed by atoms with Crippen molar-refractivity contribution in [2.75, 3.05) is 31.7 Å².